The van der Waals surface area contributed by atoms with Crippen molar-refractivity contribution in [1.29, 1.82) is 0 Å². The maximum absolute atomic E-state index is 13.9. The molecule has 7 heteroatoms. The smallest absolute Gasteiger partial charge is 0.264 e. The summed E-state index contributed by atoms with van der Waals surface area (Å²) in [5.41, 5.74) is 0.766. The number of halogens is 2. The maximum Gasteiger partial charge on any atom is 0.264 e. The van der Waals surface area contributed by atoms with Gasteiger partial charge in [-0.15, -0.1) is 0 Å². The second kappa shape index (κ2) is 7.98. The summed E-state index contributed by atoms with van der Waals surface area (Å²) >= 11 is 0. The predicted octanol–water partition coefficient (Wildman–Crippen LogP) is 4.93. The Morgan fingerprint density at radius 3 is 2.21 bits per heavy atom. The third-order valence-corrected chi connectivity index (χ3v) is 6.29. The summed E-state index contributed by atoms with van der Waals surface area (Å²) < 4.78 is 60.5. The largest absolute Gasteiger partial charge is 0.496 e. The lowest BCUT2D eigenvalue weighted by atomic mass is 10.1. The molecule has 0 N–H and O–H groups in total. The van der Waals surface area contributed by atoms with E-state index in [9.17, 15) is 17.2 Å². The summed E-state index contributed by atoms with van der Waals surface area (Å²) in [5, 5.41) is 0. The number of nitrogens with zero attached hydrogens (tertiary/aromatic N) is 1. The van der Waals surface area contributed by atoms with Gasteiger partial charge >= 0.3 is 0 Å². The van der Waals surface area contributed by atoms with E-state index in [1.54, 1.807) is 31.2 Å². The molecule has 0 fully saturated rings. The molecule has 3 aromatic carbocycles. The van der Waals surface area contributed by atoms with Crippen molar-refractivity contribution >= 4 is 15.7 Å². The van der Waals surface area contributed by atoms with Crippen LogP contribution in [0.3, 0.4) is 0 Å². The van der Waals surface area contributed by atoms with E-state index < -0.39 is 27.7 Å². The molecule has 3 aromatic rings. The van der Waals surface area contributed by atoms with Crippen LogP contribution in [-0.2, 0) is 10.0 Å². The van der Waals surface area contributed by atoms with Crippen LogP contribution in [-0.4, -0.2) is 15.5 Å². The van der Waals surface area contributed by atoms with Gasteiger partial charge in [0, 0.05) is 5.56 Å². The molecule has 146 valence electrons. The molecule has 0 aliphatic rings. The molecule has 1 unspecified atom stereocenters. The van der Waals surface area contributed by atoms with E-state index in [4.69, 9.17) is 4.74 Å². The zero-order valence-electron chi connectivity index (χ0n) is 15.3. The summed E-state index contributed by atoms with van der Waals surface area (Å²) in [6.45, 7) is 1.68. The molecule has 0 saturated carbocycles. The van der Waals surface area contributed by atoms with Gasteiger partial charge in [-0.1, -0.05) is 24.3 Å². The molecule has 0 aliphatic heterocycles. The molecule has 3 rings (SSSR count). The zero-order valence-corrected chi connectivity index (χ0v) is 16.2. The molecule has 1 atom stereocenters. The van der Waals surface area contributed by atoms with Gasteiger partial charge < -0.3 is 4.74 Å². The Bertz CT molecular complexity index is 1070. The van der Waals surface area contributed by atoms with E-state index in [-0.39, 0.29) is 10.6 Å². The van der Waals surface area contributed by atoms with Crippen LogP contribution < -0.4 is 9.04 Å². The third kappa shape index (κ3) is 3.84. The first-order valence-corrected chi connectivity index (χ1v) is 9.97. The number of benzene rings is 3. The molecule has 28 heavy (non-hydrogen) atoms. The summed E-state index contributed by atoms with van der Waals surface area (Å²) in [5.74, 6) is -0.608. The summed E-state index contributed by atoms with van der Waals surface area (Å²) in [6.07, 6.45) is 0. The molecule has 0 aliphatic carbocycles. The van der Waals surface area contributed by atoms with E-state index >= 15 is 0 Å². The van der Waals surface area contributed by atoms with Crippen LogP contribution in [0.15, 0.2) is 77.7 Å². The van der Waals surface area contributed by atoms with Crippen LogP contribution in [0, 0.1) is 11.6 Å². The van der Waals surface area contributed by atoms with Gasteiger partial charge in [0.25, 0.3) is 10.0 Å². The molecule has 0 bridgehead atoms. The topological polar surface area (TPSA) is 46.6 Å². The van der Waals surface area contributed by atoms with Crippen molar-refractivity contribution < 1.29 is 21.9 Å². The van der Waals surface area contributed by atoms with Gasteiger partial charge in [-0.25, -0.2) is 17.2 Å². The van der Waals surface area contributed by atoms with Crippen LogP contribution in [0.5, 0.6) is 5.75 Å². The standard InChI is InChI=1S/C21H19F2NO3S/c1-15(20-8-3-4-9-21(20)27-2)24(18-7-5-6-17(23)14-18)28(25,26)19-12-10-16(22)11-13-19/h3-15H,1-2H3. The van der Waals surface area contributed by atoms with Crippen molar-refractivity contribution in [2.45, 2.75) is 17.9 Å². The SMILES string of the molecule is COc1ccccc1C(C)N(c1cccc(F)c1)S(=O)(=O)c1ccc(F)cc1. The van der Waals surface area contributed by atoms with Gasteiger partial charge in [0.2, 0.25) is 0 Å². The van der Waals surface area contributed by atoms with Crippen molar-refractivity contribution in [1.82, 2.24) is 0 Å². The minimum absolute atomic E-state index is 0.0973. The fourth-order valence-corrected chi connectivity index (χ4v) is 4.67. The Morgan fingerprint density at radius 2 is 1.57 bits per heavy atom. The molecular formula is C21H19F2NO3S. The monoisotopic (exact) mass is 403 g/mol. The number of para-hydroxylation sites is 1. The Kier molecular flexibility index (Phi) is 5.65. The summed E-state index contributed by atoms with van der Waals surface area (Å²) in [7, 11) is -2.62. The first-order chi connectivity index (χ1) is 13.3. The summed E-state index contributed by atoms with van der Waals surface area (Å²) in [6, 6.07) is 16.1. The van der Waals surface area contributed by atoms with E-state index in [0.717, 1.165) is 22.5 Å². The van der Waals surface area contributed by atoms with Crippen LogP contribution in [0.2, 0.25) is 0 Å². The highest BCUT2D eigenvalue weighted by Gasteiger charge is 2.32. The predicted molar refractivity (Wildman–Crippen MR) is 104 cm³/mol. The summed E-state index contributed by atoms with van der Waals surface area (Å²) in [4.78, 5) is -0.0973. The second-order valence-electron chi connectivity index (χ2n) is 6.15. The van der Waals surface area contributed by atoms with Crippen molar-refractivity contribution in [2.24, 2.45) is 0 Å². The first-order valence-electron chi connectivity index (χ1n) is 8.53. The minimum atomic E-state index is -4.12. The number of ether oxygens (including phenoxy) is 1. The van der Waals surface area contributed by atoms with E-state index in [1.807, 2.05) is 0 Å². The molecule has 0 saturated heterocycles. The Balaban J connectivity index is 2.19. The molecule has 0 amide bonds. The molecule has 0 spiro atoms. The van der Waals surface area contributed by atoms with E-state index in [1.165, 1.54) is 37.4 Å². The van der Waals surface area contributed by atoms with Gasteiger partial charge in [-0.2, -0.15) is 0 Å². The number of methoxy groups -OCH3 is 1. The average molecular weight is 403 g/mol. The zero-order chi connectivity index (χ0) is 20.3. The molecule has 0 heterocycles. The normalized spacial score (nSPS) is 12.4. The lowest BCUT2D eigenvalue weighted by Gasteiger charge is -2.31. The fraction of sp³-hybridized carbons (Fsp3) is 0.143. The maximum atomic E-state index is 13.9. The van der Waals surface area contributed by atoms with Crippen LogP contribution >= 0.6 is 0 Å². The number of hydrogen-bond acceptors (Lipinski definition) is 3. The van der Waals surface area contributed by atoms with Gasteiger partial charge in [-0.3, -0.25) is 4.31 Å². The van der Waals surface area contributed by atoms with Crippen LogP contribution in [0.25, 0.3) is 0 Å². The molecule has 0 aromatic heterocycles. The van der Waals surface area contributed by atoms with Crippen molar-refractivity contribution in [3.8, 4) is 5.75 Å². The lowest BCUT2D eigenvalue weighted by molar-refractivity contribution is 0.407. The second-order valence-corrected chi connectivity index (χ2v) is 7.97. The number of hydrogen-bond donors (Lipinski definition) is 0. The highest BCUT2D eigenvalue weighted by atomic mass is 32.2. The van der Waals surface area contributed by atoms with E-state index in [2.05, 4.69) is 0 Å². The Labute approximate surface area is 163 Å². The third-order valence-electron chi connectivity index (χ3n) is 4.37. The highest BCUT2D eigenvalue weighted by molar-refractivity contribution is 7.92. The van der Waals surface area contributed by atoms with Crippen molar-refractivity contribution in [3.63, 3.8) is 0 Å². The van der Waals surface area contributed by atoms with Gasteiger partial charge in [-0.05, 0) is 55.5 Å². The quantitative estimate of drug-likeness (QED) is 0.586. The number of sulfonamides is 1. The lowest BCUT2D eigenvalue weighted by Crippen LogP contribution is -2.34. The average Bonchev–Trinajstić information content (AvgIpc) is 2.68. The molecule has 4 nitrogen and oxygen atoms in total. The van der Waals surface area contributed by atoms with Crippen molar-refractivity contribution in [2.75, 3.05) is 11.4 Å². The van der Waals surface area contributed by atoms with Gasteiger partial charge in [0.15, 0.2) is 0 Å². The van der Waals surface area contributed by atoms with Gasteiger partial charge in [0.05, 0.1) is 23.7 Å². The highest BCUT2D eigenvalue weighted by Crippen LogP contribution is 2.36. The van der Waals surface area contributed by atoms with Crippen LogP contribution in [0.1, 0.15) is 18.5 Å². The Morgan fingerprint density at radius 1 is 0.893 bits per heavy atom. The molecular weight excluding hydrogens is 384 g/mol. The molecule has 0 radical (unpaired) electrons. The van der Waals surface area contributed by atoms with Crippen LogP contribution in [0.4, 0.5) is 14.5 Å². The van der Waals surface area contributed by atoms with Crippen molar-refractivity contribution in [3.05, 3.63) is 90.0 Å². The van der Waals surface area contributed by atoms with E-state index in [0.29, 0.717) is 11.3 Å². The number of anilines is 1. The first kappa shape index (κ1) is 19.8. The Hall–Kier alpha value is -2.93. The fourth-order valence-electron chi connectivity index (χ4n) is 3.04. The van der Waals surface area contributed by atoms with Gasteiger partial charge in [0.1, 0.15) is 17.4 Å². The minimum Gasteiger partial charge on any atom is -0.496 e. The number of rotatable bonds is 6.